The number of ether oxygens (including phenoxy) is 2. The number of rotatable bonds is 7. The highest BCUT2D eigenvalue weighted by Gasteiger charge is 2.12. The van der Waals surface area contributed by atoms with E-state index in [0.717, 1.165) is 6.42 Å². The molecule has 1 atom stereocenters. The van der Waals surface area contributed by atoms with E-state index < -0.39 is 16.1 Å². The van der Waals surface area contributed by atoms with Crippen LogP contribution in [0.4, 0.5) is 0 Å². The molecule has 0 aliphatic heterocycles. The number of fused-ring (bicyclic) bond motifs is 1. The maximum absolute atomic E-state index is 12.1. The zero-order valence-corrected chi connectivity index (χ0v) is 16.9. The van der Waals surface area contributed by atoms with Crippen LogP contribution in [-0.4, -0.2) is 25.5 Å². The molecule has 152 valence electrons. The molecule has 0 amide bonds. The van der Waals surface area contributed by atoms with Crippen LogP contribution in [-0.2, 0) is 14.9 Å². The summed E-state index contributed by atoms with van der Waals surface area (Å²) in [6.07, 6.45) is 1.02. The molecule has 0 spiro atoms. The number of carbonyl (C=O) groups excluding carboxylic acids is 1. The molecule has 1 unspecified atom stereocenters. The van der Waals surface area contributed by atoms with Crippen LogP contribution in [0.2, 0.25) is 0 Å². The maximum atomic E-state index is 12.1. The first kappa shape index (κ1) is 20.8. The monoisotopic (exact) mass is 413 g/mol. The van der Waals surface area contributed by atoms with Gasteiger partial charge in [-0.25, -0.2) is 13.2 Å². The van der Waals surface area contributed by atoms with Crippen molar-refractivity contribution in [1.29, 1.82) is 0 Å². The summed E-state index contributed by atoms with van der Waals surface area (Å²) in [6, 6.07) is 16.3. The van der Waals surface area contributed by atoms with Crippen molar-refractivity contribution in [3.05, 3.63) is 66.2 Å². The van der Waals surface area contributed by atoms with Crippen molar-refractivity contribution in [1.82, 2.24) is 0 Å². The van der Waals surface area contributed by atoms with Gasteiger partial charge in [0.05, 0.1) is 4.90 Å². The van der Waals surface area contributed by atoms with Gasteiger partial charge in [-0.3, -0.25) is 0 Å². The Morgan fingerprint density at radius 1 is 1.00 bits per heavy atom. The summed E-state index contributed by atoms with van der Waals surface area (Å²) in [5.41, 5.74) is 1.17. The fourth-order valence-corrected chi connectivity index (χ4v) is 3.69. The number of esters is 1. The van der Waals surface area contributed by atoms with Crippen molar-refractivity contribution in [3.8, 4) is 11.5 Å². The fourth-order valence-electron chi connectivity index (χ4n) is 2.99. The molecule has 3 rings (SSSR count). The minimum atomic E-state index is -4.63. The predicted molar refractivity (Wildman–Crippen MR) is 108 cm³/mol. The molecule has 0 saturated carbocycles. The van der Waals surface area contributed by atoms with Crippen molar-refractivity contribution in [2.75, 3.05) is 6.61 Å². The Balaban J connectivity index is 1.71. The van der Waals surface area contributed by atoms with Gasteiger partial charge in [0.2, 0.25) is 0 Å². The van der Waals surface area contributed by atoms with Crippen LogP contribution >= 0.6 is 0 Å². The molecule has 0 heterocycles. The van der Waals surface area contributed by atoms with Crippen LogP contribution in [0.1, 0.15) is 31.7 Å². The van der Waals surface area contributed by atoms with Crippen molar-refractivity contribution in [2.45, 2.75) is 31.1 Å². The van der Waals surface area contributed by atoms with Gasteiger partial charge in [0.1, 0.15) is 21.6 Å². The minimum absolute atomic E-state index is 0.244. The number of benzene rings is 3. The molecule has 0 aliphatic rings. The summed E-state index contributed by atoms with van der Waals surface area (Å²) in [7, 11) is -4.63. The van der Waals surface area contributed by atoms with Crippen molar-refractivity contribution in [3.63, 3.8) is 0 Å². The predicted octanol–water partition coefficient (Wildman–Crippen LogP) is 4.24. The molecule has 3 aromatic carbocycles. The molecule has 0 bridgehead atoms. The second kappa shape index (κ2) is 8.63. The Bertz CT molecular complexity index is 1120. The largest absolute Gasteiger partial charge is 0.744 e. The van der Waals surface area contributed by atoms with Gasteiger partial charge in [-0.15, -0.1) is 0 Å². The molecule has 0 radical (unpaired) electrons. The molecule has 0 fully saturated rings. The summed E-state index contributed by atoms with van der Waals surface area (Å²) in [5.74, 6) is 0.545. The van der Waals surface area contributed by atoms with Gasteiger partial charge in [-0.1, -0.05) is 50.2 Å². The maximum Gasteiger partial charge on any atom is 0.349 e. The summed E-state index contributed by atoms with van der Waals surface area (Å²) in [5, 5.41) is 0.670. The van der Waals surface area contributed by atoms with E-state index in [4.69, 9.17) is 9.47 Å². The fraction of sp³-hybridized carbons (Fsp3) is 0.227. The number of carbonyl (C=O) groups is 1. The average Bonchev–Trinajstić information content (AvgIpc) is 2.71. The molecule has 6 nitrogen and oxygen atoms in total. The summed E-state index contributed by atoms with van der Waals surface area (Å²) >= 11 is 0. The third kappa shape index (κ3) is 4.93. The second-order valence-corrected chi connectivity index (χ2v) is 8.05. The molecular formula is C22H21O6S-. The van der Waals surface area contributed by atoms with E-state index in [9.17, 15) is 17.8 Å². The Kier molecular flexibility index (Phi) is 6.20. The lowest BCUT2D eigenvalue weighted by Crippen LogP contribution is -2.17. The van der Waals surface area contributed by atoms with E-state index in [-0.39, 0.29) is 22.6 Å². The molecular weight excluding hydrogens is 392 g/mol. The highest BCUT2D eigenvalue weighted by molar-refractivity contribution is 7.86. The van der Waals surface area contributed by atoms with Gasteiger partial charge in [-0.05, 0) is 42.2 Å². The van der Waals surface area contributed by atoms with Crippen molar-refractivity contribution < 1.29 is 27.2 Å². The van der Waals surface area contributed by atoms with Crippen LogP contribution in [0.5, 0.6) is 11.5 Å². The summed E-state index contributed by atoms with van der Waals surface area (Å²) < 4.78 is 45.1. The van der Waals surface area contributed by atoms with E-state index in [1.54, 1.807) is 30.3 Å². The lowest BCUT2D eigenvalue weighted by atomic mass is 9.99. The average molecular weight is 413 g/mol. The molecule has 3 aromatic rings. The third-order valence-electron chi connectivity index (χ3n) is 4.75. The van der Waals surface area contributed by atoms with Crippen LogP contribution in [0.25, 0.3) is 10.8 Å². The van der Waals surface area contributed by atoms with Gasteiger partial charge < -0.3 is 14.0 Å². The highest BCUT2D eigenvalue weighted by Crippen LogP contribution is 2.30. The van der Waals surface area contributed by atoms with E-state index in [1.807, 2.05) is 12.1 Å². The summed E-state index contributed by atoms with van der Waals surface area (Å²) in [4.78, 5) is 11.8. The number of hydrogen-bond donors (Lipinski definition) is 0. The Morgan fingerprint density at radius 2 is 1.66 bits per heavy atom. The first-order valence-electron chi connectivity index (χ1n) is 9.20. The molecule has 0 saturated heterocycles. The van der Waals surface area contributed by atoms with Gasteiger partial charge in [-0.2, -0.15) is 0 Å². The molecule has 0 aromatic heterocycles. The van der Waals surface area contributed by atoms with Gasteiger partial charge in [0, 0.05) is 10.8 Å². The second-order valence-electron chi connectivity index (χ2n) is 6.70. The Hall–Kier alpha value is -2.90. The third-order valence-corrected chi connectivity index (χ3v) is 5.64. The van der Waals surface area contributed by atoms with E-state index in [0.29, 0.717) is 17.1 Å². The van der Waals surface area contributed by atoms with Gasteiger partial charge >= 0.3 is 5.97 Å². The van der Waals surface area contributed by atoms with Crippen LogP contribution < -0.4 is 9.47 Å². The van der Waals surface area contributed by atoms with E-state index in [2.05, 4.69) is 13.8 Å². The Labute approximate surface area is 169 Å². The van der Waals surface area contributed by atoms with Crippen LogP contribution in [0, 0.1) is 0 Å². The van der Waals surface area contributed by atoms with Crippen LogP contribution in [0.15, 0.2) is 65.6 Å². The van der Waals surface area contributed by atoms with E-state index in [1.165, 1.54) is 23.8 Å². The summed E-state index contributed by atoms with van der Waals surface area (Å²) in [6.45, 7) is 3.88. The lowest BCUT2D eigenvalue weighted by Gasteiger charge is -2.13. The van der Waals surface area contributed by atoms with Gasteiger partial charge in [0.15, 0.2) is 6.61 Å². The molecule has 0 aliphatic carbocycles. The highest BCUT2D eigenvalue weighted by atomic mass is 32.2. The zero-order valence-electron chi connectivity index (χ0n) is 16.1. The lowest BCUT2D eigenvalue weighted by molar-refractivity contribution is -0.136. The zero-order chi connectivity index (χ0) is 21.0. The topological polar surface area (TPSA) is 92.7 Å². The first-order valence-corrected chi connectivity index (χ1v) is 10.6. The Morgan fingerprint density at radius 3 is 2.31 bits per heavy atom. The normalized spacial score (nSPS) is 12.5. The van der Waals surface area contributed by atoms with Crippen LogP contribution in [0.3, 0.4) is 0 Å². The number of hydrogen-bond acceptors (Lipinski definition) is 6. The minimum Gasteiger partial charge on any atom is -0.744 e. The molecule has 0 N–H and O–H groups in total. The molecule has 29 heavy (non-hydrogen) atoms. The van der Waals surface area contributed by atoms with Crippen molar-refractivity contribution >= 4 is 26.9 Å². The van der Waals surface area contributed by atoms with Crippen molar-refractivity contribution in [2.24, 2.45) is 0 Å². The molecule has 7 heteroatoms. The first-order chi connectivity index (χ1) is 13.8. The SMILES string of the molecule is CCC(C)c1ccc(OC(=O)COc2cccc3c(S(=O)(=O)[O-])cccc23)cc1. The van der Waals surface area contributed by atoms with Gasteiger partial charge in [0.25, 0.3) is 0 Å². The smallest absolute Gasteiger partial charge is 0.349 e. The standard InChI is InChI=1S/C22H22O6S/c1-3-15(2)16-10-12-17(13-11-16)28-22(23)14-27-20-8-4-7-19-18(20)6-5-9-21(19)29(24,25)26/h4-13,15H,3,14H2,1-2H3,(H,24,25,26)/p-1. The van der Waals surface area contributed by atoms with E-state index >= 15 is 0 Å². The quantitative estimate of drug-likeness (QED) is 0.327.